The summed E-state index contributed by atoms with van der Waals surface area (Å²) in [6.45, 7) is 0.511. The first-order chi connectivity index (χ1) is 11.0. The number of aromatic amines is 1. The van der Waals surface area contributed by atoms with Crippen molar-refractivity contribution in [2.24, 2.45) is 0 Å². The van der Waals surface area contributed by atoms with E-state index in [9.17, 15) is 18.4 Å². The second-order valence-electron chi connectivity index (χ2n) is 5.05. The number of carbonyl (C=O) groups excluding carboxylic acids is 2. The quantitative estimate of drug-likeness (QED) is 0.778. The lowest BCUT2D eigenvalue weighted by atomic mass is 10.1. The molecule has 9 heteroatoms. The Morgan fingerprint density at radius 3 is 2.70 bits per heavy atom. The summed E-state index contributed by atoms with van der Waals surface area (Å²) in [5.74, 6) is -4.09. The molecule has 0 fully saturated rings. The number of carbonyl (C=O) groups is 2. The number of hydrogen-bond acceptors (Lipinski definition) is 3. The second-order valence-corrected chi connectivity index (χ2v) is 5.49. The van der Waals surface area contributed by atoms with Crippen molar-refractivity contribution in [1.82, 2.24) is 15.1 Å². The molecular formula is C14H11ClF2N4O2. The first-order valence-corrected chi connectivity index (χ1v) is 7.09. The second kappa shape index (κ2) is 5.96. The highest BCUT2D eigenvalue weighted by Gasteiger charge is 2.28. The first kappa shape index (κ1) is 15.4. The monoisotopic (exact) mass is 340 g/mol. The van der Waals surface area contributed by atoms with Gasteiger partial charge < -0.3 is 10.2 Å². The minimum atomic E-state index is -1.12. The number of amides is 2. The summed E-state index contributed by atoms with van der Waals surface area (Å²) in [4.78, 5) is 25.4. The lowest BCUT2D eigenvalue weighted by molar-refractivity contribution is -0.143. The number of nitrogens with zero attached hydrogens (tertiary/aromatic N) is 2. The lowest BCUT2D eigenvalue weighted by Crippen LogP contribution is -2.42. The van der Waals surface area contributed by atoms with E-state index in [1.54, 1.807) is 6.20 Å². The predicted molar refractivity (Wildman–Crippen MR) is 77.7 cm³/mol. The van der Waals surface area contributed by atoms with Gasteiger partial charge in [-0.3, -0.25) is 14.7 Å². The zero-order valence-corrected chi connectivity index (χ0v) is 12.5. The van der Waals surface area contributed by atoms with E-state index in [1.807, 2.05) is 5.32 Å². The van der Waals surface area contributed by atoms with E-state index in [0.29, 0.717) is 13.0 Å². The highest BCUT2D eigenvalue weighted by atomic mass is 35.5. The number of anilines is 1. The van der Waals surface area contributed by atoms with Crippen molar-refractivity contribution in [3.05, 3.63) is 46.2 Å². The van der Waals surface area contributed by atoms with Crippen molar-refractivity contribution in [1.29, 1.82) is 0 Å². The average Bonchev–Trinajstić information content (AvgIpc) is 2.97. The molecule has 0 saturated carbocycles. The molecule has 0 atom stereocenters. The summed E-state index contributed by atoms with van der Waals surface area (Å²) in [5, 5.41) is 8.42. The van der Waals surface area contributed by atoms with Crippen molar-refractivity contribution in [2.45, 2.75) is 13.0 Å². The number of hydrogen-bond donors (Lipinski definition) is 2. The molecule has 1 aromatic heterocycles. The number of halogens is 3. The molecule has 0 spiro atoms. The minimum Gasteiger partial charge on any atom is -0.328 e. The molecule has 0 saturated heterocycles. The summed E-state index contributed by atoms with van der Waals surface area (Å²) < 4.78 is 27.3. The van der Waals surface area contributed by atoms with Crippen LogP contribution >= 0.6 is 11.6 Å². The molecule has 0 aliphatic carbocycles. The van der Waals surface area contributed by atoms with Gasteiger partial charge in [0.05, 0.1) is 18.4 Å². The Labute approximate surface area is 134 Å². The standard InChI is InChI=1S/C14H11ClF2N4O2/c15-8-3-9(16)12(10(17)4-8)19-13(22)14(23)21-2-1-7-5-18-20-11(7)6-21/h3-5H,1-2,6H2,(H,18,20)(H,19,22). The molecule has 2 heterocycles. The van der Waals surface area contributed by atoms with Gasteiger partial charge in [-0.1, -0.05) is 11.6 Å². The van der Waals surface area contributed by atoms with Crippen LogP contribution < -0.4 is 5.32 Å². The van der Waals surface area contributed by atoms with Crippen LogP contribution in [0.2, 0.25) is 5.02 Å². The Hall–Kier alpha value is -2.48. The highest BCUT2D eigenvalue weighted by molar-refractivity contribution is 6.39. The average molecular weight is 341 g/mol. The fourth-order valence-electron chi connectivity index (χ4n) is 2.36. The largest absolute Gasteiger partial charge is 0.328 e. The topological polar surface area (TPSA) is 78.1 Å². The Bertz CT molecular complexity index is 770. The Balaban J connectivity index is 1.73. The van der Waals surface area contributed by atoms with Crippen LogP contribution in [0.3, 0.4) is 0 Å². The minimum absolute atomic E-state index is 0.146. The van der Waals surface area contributed by atoms with Crippen LogP contribution in [0.5, 0.6) is 0 Å². The molecule has 120 valence electrons. The fourth-order valence-corrected chi connectivity index (χ4v) is 2.55. The van der Waals surface area contributed by atoms with Crippen LogP contribution in [0, 0.1) is 11.6 Å². The molecule has 23 heavy (non-hydrogen) atoms. The molecule has 2 amide bonds. The summed E-state index contributed by atoms with van der Waals surface area (Å²) in [5.41, 5.74) is 1.01. The molecule has 1 aliphatic rings. The number of rotatable bonds is 1. The van der Waals surface area contributed by atoms with Gasteiger partial charge in [0.2, 0.25) is 0 Å². The zero-order chi connectivity index (χ0) is 16.6. The zero-order valence-electron chi connectivity index (χ0n) is 11.7. The van der Waals surface area contributed by atoms with Crippen molar-refractivity contribution in [2.75, 3.05) is 11.9 Å². The number of H-pyrrole nitrogens is 1. The molecule has 6 nitrogen and oxygen atoms in total. The summed E-state index contributed by atoms with van der Waals surface area (Å²) in [7, 11) is 0. The molecule has 0 bridgehead atoms. The van der Waals surface area contributed by atoms with Crippen LogP contribution in [0.25, 0.3) is 0 Å². The molecule has 0 radical (unpaired) electrons. The number of benzene rings is 1. The van der Waals surface area contributed by atoms with E-state index in [4.69, 9.17) is 11.6 Å². The van der Waals surface area contributed by atoms with Crippen LogP contribution in [-0.2, 0) is 22.6 Å². The lowest BCUT2D eigenvalue weighted by Gasteiger charge is -2.25. The normalized spacial score (nSPS) is 13.6. The maximum Gasteiger partial charge on any atom is 0.314 e. The maximum atomic E-state index is 13.7. The van der Waals surface area contributed by atoms with Gasteiger partial charge in [-0.2, -0.15) is 5.10 Å². The molecular weight excluding hydrogens is 330 g/mol. The number of aromatic nitrogens is 2. The van der Waals surface area contributed by atoms with E-state index in [0.717, 1.165) is 23.4 Å². The van der Waals surface area contributed by atoms with Crippen LogP contribution in [0.1, 0.15) is 11.3 Å². The van der Waals surface area contributed by atoms with E-state index < -0.39 is 29.1 Å². The van der Waals surface area contributed by atoms with Gasteiger partial charge in [-0.25, -0.2) is 8.78 Å². The van der Waals surface area contributed by atoms with E-state index >= 15 is 0 Å². The SMILES string of the molecule is O=C(Nc1c(F)cc(Cl)cc1F)C(=O)N1CCc2cn[nH]c2C1. The molecule has 2 N–H and O–H groups in total. The fraction of sp³-hybridized carbons (Fsp3) is 0.214. The van der Waals surface area contributed by atoms with E-state index in [2.05, 4.69) is 10.2 Å². The third-order valence-electron chi connectivity index (χ3n) is 3.53. The molecule has 1 aliphatic heterocycles. The molecule has 3 rings (SSSR count). The number of nitrogens with one attached hydrogen (secondary N) is 2. The summed E-state index contributed by atoms with van der Waals surface area (Å²) >= 11 is 5.50. The smallest absolute Gasteiger partial charge is 0.314 e. The van der Waals surface area contributed by atoms with Crippen molar-refractivity contribution >= 4 is 29.1 Å². The van der Waals surface area contributed by atoms with E-state index in [1.165, 1.54) is 4.90 Å². The Kier molecular flexibility index (Phi) is 3.99. The van der Waals surface area contributed by atoms with Gasteiger partial charge in [0, 0.05) is 11.6 Å². The van der Waals surface area contributed by atoms with Crippen LogP contribution in [-0.4, -0.2) is 33.5 Å². The number of fused-ring (bicyclic) bond motifs is 1. The van der Waals surface area contributed by atoms with Crippen molar-refractivity contribution in [3.8, 4) is 0 Å². The van der Waals surface area contributed by atoms with Crippen LogP contribution in [0.15, 0.2) is 18.3 Å². The Morgan fingerprint density at radius 1 is 1.30 bits per heavy atom. The van der Waals surface area contributed by atoms with Crippen LogP contribution in [0.4, 0.5) is 14.5 Å². The van der Waals surface area contributed by atoms with Crippen molar-refractivity contribution < 1.29 is 18.4 Å². The predicted octanol–water partition coefficient (Wildman–Crippen LogP) is 1.86. The highest BCUT2D eigenvalue weighted by Crippen LogP contribution is 2.24. The van der Waals surface area contributed by atoms with Gasteiger partial charge in [0.1, 0.15) is 5.69 Å². The van der Waals surface area contributed by atoms with Gasteiger partial charge in [-0.05, 0) is 24.1 Å². The third kappa shape index (κ3) is 3.02. The van der Waals surface area contributed by atoms with E-state index in [-0.39, 0.29) is 11.6 Å². The molecule has 2 aromatic rings. The van der Waals surface area contributed by atoms with Crippen molar-refractivity contribution in [3.63, 3.8) is 0 Å². The van der Waals surface area contributed by atoms with Gasteiger partial charge in [-0.15, -0.1) is 0 Å². The molecule has 0 unspecified atom stereocenters. The third-order valence-corrected chi connectivity index (χ3v) is 3.75. The molecule has 1 aromatic carbocycles. The van der Waals surface area contributed by atoms with Gasteiger partial charge in [0.25, 0.3) is 0 Å². The Morgan fingerprint density at radius 2 is 2.00 bits per heavy atom. The summed E-state index contributed by atoms with van der Waals surface area (Å²) in [6.07, 6.45) is 2.21. The van der Waals surface area contributed by atoms with Gasteiger partial charge >= 0.3 is 11.8 Å². The van der Waals surface area contributed by atoms with Gasteiger partial charge in [0.15, 0.2) is 11.6 Å². The summed E-state index contributed by atoms with van der Waals surface area (Å²) in [6, 6.07) is 1.70. The first-order valence-electron chi connectivity index (χ1n) is 6.71. The maximum absolute atomic E-state index is 13.7.